The Labute approximate surface area is 156 Å². The van der Waals surface area contributed by atoms with Crippen molar-refractivity contribution >= 4 is 11.9 Å². The van der Waals surface area contributed by atoms with Crippen molar-refractivity contribution in [2.75, 3.05) is 13.2 Å². The first-order chi connectivity index (χ1) is 12.8. The van der Waals surface area contributed by atoms with Crippen LogP contribution in [0.3, 0.4) is 0 Å². The summed E-state index contributed by atoms with van der Waals surface area (Å²) in [5.41, 5.74) is 2.27. The van der Waals surface area contributed by atoms with Crippen molar-refractivity contribution in [2.45, 2.75) is 26.8 Å². The minimum atomic E-state index is -0.762. The lowest BCUT2D eigenvalue weighted by atomic mass is 10.1. The van der Waals surface area contributed by atoms with Crippen LogP contribution in [0.2, 0.25) is 0 Å². The van der Waals surface area contributed by atoms with Gasteiger partial charge in [0.05, 0.1) is 6.04 Å². The van der Waals surface area contributed by atoms with Gasteiger partial charge < -0.3 is 14.8 Å². The summed E-state index contributed by atoms with van der Waals surface area (Å²) in [6.07, 6.45) is 0. The molecule has 2 aromatic rings. The Balaban J connectivity index is 1.77. The minimum absolute atomic E-state index is 0.133. The minimum Gasteiger partial charge on any atom is -0.482 e. The Morgan fingerprint density at radius 3 is 2.44 bits per heavy atom. The van der Waals surface area contributed by atoms with Crippen LogP contribution in [0.4, 0.5) is 8.78 Å². The largest absolute Gasteiger partial charge is 0.482 e. The number of halogens is 2. The summed E-state index contributed by atoms with van der Waals surface area (Å²) in [6, 6.07) is 7.80. The molecule has 1 N–H and O–H groups in total. The summed E-state index contributed by atoms with van der Waals surface area (Å²) in [5, 5.41) is 2.48. The summed E-state index contributed by atoms with van der Waals surface area (Å²) in [5.74, 6) is -2.25. The van der Waals surface area contributed by atoms with E-state index in [1.54, 1.807) is 19.1 Å². The zero-order valence-corrected chi connectivity index (χ0v) is 15.3. The van der Waals surface area contributed by atoms with Gasteiger partial charge in [0.15, 0.2) is 13.2 Å². The highest BCUT2D eigenvalue weighted by atomic mass is 19.1. The highest BCUT2D eigenvalue weighted by Gasteiger charge is 2.15. The van der Waals surface area contributed by atoms with E-state index in [-0.39, 0.29) is 12.2 Å². The van der Waals surface area contributed by atoms with E-state index in [9.17, 15) is 18.4 Å². The fourth-order valence-corrected chi connectivity index (χ4v) is 2.35. The Hall–Kier alpha value is -2.96. The van der Waals surface area contributed by atoms with E-state index in [1.165, 1.54) is 6.07 Å². The summed E-state index contributed by atoms with van der Waals surface area (Å²) < 4.78 is 36.8. The predicted molar refractivity (Wildman–Crippen MR) is 95.3 cm³/mol. The molecular weight excluding hydrogens is 356 g/mol. The van der Waals surface area contributed by atoms with E-state index in [0.717, 1.165) is 23.3 Å². The molecular formula is C20H21F2NO4. The Bertz CT molecular complexity index is 839. The molecule has 0 unspecified atom stereocenters. The van der Waals surface area contributed by atoms with Gasteiger partial charge in [-0.3, -0.25) is 4.79 Å². The number of carbonyl (C=O) groups is 2. The van der Waals surface area contributed by atoms with Crippen LogP contribution in [-0.2, 0) is 14.3 Å². The maximum absolute atomic E-state index is 13.7. The maximum Gasteiger partial charge on any atom is 0.344 e. The van der Waals surface area contributed by atoms with Crippen molar-refractivity contribution in [1.82, 2.24) is 5.32 Å². The Kier molecular flexibility index (Phi) is 6.87. The van der Waals surface area contributed by atoms with Gasteiger partial charge in [0, 0.05) is 11.6 Å². The first-order valence-electron chi connectivity index (χ1n) is 8.36. The van der Waals surface area contributed by atoms with Gasteiger partial charge in [0.25, 0.3) is 5.91 Å². The lowest BCUT2D eigenvalue weighted by molar-refractivity contribution is -0.150. The van der Waals surface area contributed by atoms with Crippen molar-refractivity contribution in [3.8, 4) is 5.75 Å². The number of esters is 1. The number of hydrogen-bond donors (Lipinski definition) is 1. The topological polar surface area (TPSA) is 64.6 Å². The molecule has 0 aromatic heterocycles. The number of nitrogens with one attached hydrogen (secondary N) is 1. The average Bonchev–Trinajstić information content (AvgIpc) is 2.60. The van der Waals surface area contributed by atoms with E-state index in [4.69, 9.17) is 9.47 Å². The average molecular weight is 377 g/mol. The predicted octanol–water partition coefficient (Wildman–Crippen LogP) is 3.38. The SMILES string of the molecule is Cc1ccc(OCC(=O)OCC(=O)N[C@@H](C)c2ccc(F)cc2F)cc1C. The third-order valence-electron chi connectivity index (χ3n) is 4.01. The number of amides is 1. The monoisotopic (exact) mass is 377 g/mol. The number of aryl methyl sites for hydroxylation is 2. The molecule has 0 aliphatic carbocycles. The van der Waals surface area contributed by atoms with Gasteiger partial charge in [-0.25, -0.2) is 13.6 Å². The molecule has 2 rings (SSSR count). The van der Waals surface area contributed by atoms with Gasteiger partial charge >= 0.3 is 5.97 Å². The second-order valence-electron chi connectivity index (χ2n) is 6.15. The highest BCUT2D eigenvalue weighted by molar-refractivity contribution is 5.81. The number of benzene rings is 2. The Morgan fingerprint density at radius 2 is 1.78 bits per heavy atom. The molecule has 0 saturated carbocycles. The van der Waals surface area contributed by atoms with E-state index in [2.05, 4.69) is 5.32 Å². The molecule has 144 valence electrons. The highest BCUT2D eigenvalue weighted by Crippen LogP contribution is 2.18. The first kappa shape index (κ1) is 20.4. The van der Waals surface area contributed by atoms with E-state index in [1.807, 2.05) is 19.9 Å². The molecule has 0 aliphatic rings. The van der Waals surface area contributed by atoms with Crippen LogP contribution < -0.4 is 10.1 Å². The van der Waals surface area contributed by atoms with Gasteiger partial charge in [-0.1, -0.05) is 12.1 Å². The quantitative estimate of drug-likeness (QED) is 0.752. The van der Waals surface area contributed by atoms with E-state index >= 15 is 0 Å². The van der Waals surface area contributed by atoms with Crippen molar-refractivity contribution in [3.05, 3.63) is 64.7 Å². The van der Waals surface area contributed by atoms with Gasteiger partial charge in [0.1, 0.15) is 17.4 Å². The molecule has 2 aromatic carbocycles. The fourth-order valence-electron chi connectivity index (χ4n) is 2.35. The lowest BCUT2D eigenvalue weighted by Gasteiger charge is -2.15. The van der Waals surface area contributed by atoms with Crippen LogP contribution in [0.5, 0.6) is 5.75 Å². The zero-order valence-electron chi connectivity index (χ0n) is 15.3. The summed E-state index contributed by atoms with van der Waals surface area (Å²) >= 11 is 0. The molecule has 0 bridgehead atoms. The van der Waals surface area contributed by atoms with Crippen LogP contribution in [0.15, 0.2) is 36.4 Å². The third kappa shape index (κ3) is 6.06. The summed E-state index contributed by atoms with van der Waals surface area (Å²) in [4.78, 5) is 23.5. The molecule has 0 radical (unpaired) electrons. The lowest BCUT2D eigenvalue weighted by Crippen LogP contribution is -2.32. The number of rotatable bonds is 7. The molecule has 0 aliphatic heterocycles. The van der Waals surface area contributed by atoms with Crippen LogP contribution in [0.25, 0.3) is 0 Å². The zero-order chi connectivity index (χ0) is 20.0. The summed E-state index contributed by atoms with van der Waals surface area (Å²) in [6.45, 7) is 4.57. The van der Waals surface area contributed by atoms with E-state index in [0.29, 0.717) is 5.75 Å². The molecule has 1 atom stereocenters. The molecule has 5 nitrogen and oxygen atoms in total. The van der Waals surface area contributed by atoms with Crippen LogP contribution in [0.1, 0.15) is 29.7 Å². The van der Waals surface area contributed by atoms with Crippen molar-refractivity contribution in [1.29, 1.82) is 0 Å². The fraction of sp³-hybridized carbons (Fsp3) is 0.300. The molecule has 0 spiro atoms. The van der Waals surface area contributed by atoms with Gasteiger partial charge in [-0.05, 0) is 50.1 Å². The third-order valence-corrected chi connectivity index (χ3v) is 4.01. The molecule has 27 heavy (non-hydrogen) atoms. The van der Waals surface area contributed by atoms with Gasteiger partial charge in [0.2, 0.25) is 0 Å². The van der Waals surface area contributed by atoms with Crippen LogP contribution in [0, 0.1) is 25.5 Å². The van der Waals surface area contributed by atoms with E-state index < -0.39 is 36.2 Å². The molecule has 7 heteroatoms. The second-order valence-corrected chi connectivity index (χ2v) is 6.15. The number of hydrogen-bond acceptors (Lipinski definition) is 4. The normalized spacial score (nSPS) is 11.6. The van der Waals surface area contributed by atoms with Gasteiger partial charge in [-0.2, -0.15) is 0 Å². The van der Waals surface area contributed by atoms with Crippen LogP contribution >= 0.6 is 0 Å². The summed E-state index contributed by atoms with van der Waals surface area (Å²) in [7, 11) is 0. The molecule has 0 saturated heterocycles. The second kappa shape index (κ2) is 9.12. The molecule has 0 fully saturated rings. The molecule has 1 amide bonds. The van der Waals surface area contributed by atoms with Crippen molar-refractivity contribution in [2.24, 2.45) is 0 Å². The van der Waals surface area contributed by atoms with Crippen molar-refractivity contribution in [3.63, 3.8) is 0 Å². The number of carbonyl (C=O) groups excluding carboxylic acids is 2. The Morgan fingerprint density at radius 1 is 1.04 bits per heavy atom. The smallest absolute Gasteiger partial charge is 0.344 e. The van der Waals surface area contributed by atoms with Gasteiger partial charge in [-0.15, -0.1) is 0 Å². The first-order valence-corrected chi connectivity index (χ1v) is 8.36. The number of ether oxygens (including phenoxy) is 2. The van der Waals surface area contributed by atoms with Crippen molar-refractivity contribution < 1.29 is 27.8 Å². The maximum atomic E-state index is 13.7. The standard InChI is InChI=1S/C20H21F2NO4/c1-12-4-6-16(8-13(12)2)26-11-20(25)27-10-19(24)23-14(3)17-7-5-15(21)9-18(17)22/h4-9,14H,10-11H2,1-3H3,(H,23,24)/t14-/m0/s1. The molecule has 0 heterocycles. The van der Waals surface area contributed by atoms with Crippen LogP contribution in [-0.4, -0.2) is 25.1 Å².